The average molecular weight is 910 g/mol. The number of nitrogens with one attached hydrogen (secondary N) is 1. The molecule has 2 unspecified atom stereocenters. The molecule has 3 saturated carbocycles. The van der Waals surface area contributed by atoms with Crippen LogP contribution < -0.4 is 5.32 Å². The largest absolute Gasteiger partial charge is 0.394 e. The van der Waals surface area contributed by atoms with E-state index < -0.39 is 73.7 Å². The van der Waals surface area contributed by atoms with E-state index >= 15 is 0 Å². The quantitative estimate of drug-likeness (QED) is 0.0900. The van der Waals surface area contributed by atoms with Crippen molar-refractivity contribution < 1.29 is 58.7 Å². The molecule has 15 heteroatoms. The Labute approximate surface area is 376 Å². The first kappa shape index (κ1) is 46.6. The Kier molecular flexibility index (Phi) is 13.9. The molecule has 0 aromatic carbocycles. The molecule has 0 radical (unpaired) electrons. The zero-order chi connectivity index (χ0) is 43.7. The van der Waals surface area contributed by atoms with Gasteiger partial charge in [-0.1, -0.05) is 67.4 Å². The van der Waals surface area contributed by atoms with Crippen LogP contribution in [0.5, 0.6) is 0 Å². The van der Waals surface area contributed by atoms with E-state index in [2.05, 4.69) is 39.1 Å². The van der Waals surface area contributed by atoms with Crippen molar-refractivity contribution in [1.82, 2.24) is 5.32 Å². The van der Waals surface area contributed by atoms with Gasteiger partial charge in [-0.2, -0.15) is 0 Å². The summed E-state index contributed by atoms with van der Waals surface area (Å²) in [6.45, 7) is 11.5. The maximum absolute atomic E-state index is 13.6. The summed E-state index contributed by atoms with van der Waals surface area (Å²) in [6, 6.07) is -1.05. The van der Waals surface area contributed by atoms with E-state index in [4.69, 9.17) is 28.4 Å². The van der Waals surface area contributed by atoms with Crippen LogP contribution >= 0.6 is 21.6 Å². The first-order chi connectivity index (χ1) is 29.7. The van der Waals surface area contributed by atoms with Gasteiger partial charge in [0.15, 0.2) is 18.4 Å². The number of rotatable bonds is 11. The Bertz CT molecular complexity index is 1610. The first-order valence-corrected chi connectivity index (χ1v) is 26.6. The normalized spacial score (nSPS) is 52.5. The van der Waals surface area contributed by atoms with Gasteiger partial charge in [0.1, 0.15) is 42.7 Å². The Balaban J connectivity index is 0.878. The van der Waals surface area contributed by atoms with Crippen LogP contribution in [0.2, 0.25) is 0 Å². The SMILES string of the molecule is C[C@@H]1CCC2(OC1)O[C@H]1C[C@@H]3[C@@H]4CC=C5C[C@@H](O[C@@H]6O[C@H](CO)[C@@H](O[C@H]7O[C@@H](C)[C@H](O)[C@@H](O)[C@H]7O)[C@H](O)[C@H]6NC(=O)CCCCC6CCSS6)CC[C@]5(C)[C@@H]4CC[C@]3(C)[C@H]1[C@H]2C. The van der Waals surface area contributed by atoms with Crippen LogP contribution in [0.15, 0.2) is 11.6 Å². The van der Waals surface area contributed by atoms with E-state index in [1.807, 2.05) is 21.6 Å². The number of ether oxygens (including phenoxy) is 6. The summed E-state index contributed by atoms with van der Waals surface area (Å²) in [5.74, 6) is 3.83. The number of fused-ring (bicyclic) bond motifs is 7. The van der Waals surface area contributed by atoms with Gasteiger partial charge in [-0.15, -0.1) is 0 Å². The minimum Gasteiger partial charge on any atom is -0.394 e. The van der Waals surface area contributed by atoms with Crippen molar-refractivity contribution >= 4 is 27.5 Å². The van der Waals surface area contributed by atoms with Crippen LogP contribution in [0.4, 0.5) is 0 Å². The van der Waals surface area contributed by atoms with Gasteiger partial charge in [0.05, 0.1) is 31.5 Å². The predicted molar refractivity (Wildman–Crippen MR) is 234 cm³/mol. The summed E-state index contributed by atoms with van der Waals surface area (Å²) in [7, 11) is 3.84. The maximum Gasteiger partial charge on any atom is 0.220 e. The average Bonchev–Trinajstić information content (AvgIpc) is 3.95. The highest BCUT2D eigenvalue weighted by molar-refractivity contribution is 8.77. The smallest absolute Gasteiger partial charge is 0.220 e. The Morgan fingerprint density at radius 1 is 0.919 bits per heavy atom. The maximum atomic E-state index is 13.6. The first-order valence-electron chi connectivity index (χ1n) is 24.2. The van der Waals surface area contributed by atoms with Crippen LogP contribution in [0.25, 0.3) is 0 Å². The molecule has 6 N–H and O–H groups in total. The zero-order valence-corrected chi connectivity index (χ0v) is 39.1. The van der Waals surface area contributed by atoms with E-state index in [0.717, 1.165) is 58.0 Å². The monoisotopic (exact) mass is 909 g/mol. The lowest BCUT2D eigenvalue weighted by atomic mass is 9.47. The summed E-state index contributed by atoms with van der Waals surface area (Å²) < 4.78 is 38.6. The minimum atomic E-state index is -1.62. The second-order valence-electron chi connectivity index (χ2n) is 21.4. The molecule has 4 aliphatic carbocycles. The van der Waals surface area contributed by atoms with Gasteiger partial charge in [0.25, 0.3) is 0 Å². The summed E-state index contributed by atoms with van der Waals surface area (Å²) in [6.07, 6.45) is 4.30. The van der Waals surface area contributed by atoms with Crippen LogP contribution in [-0.4, -0.2) is 135 Å². The molecule has 62 heavy (non-hydrogen) atoms. The van der Waals surface area contributed by atoms with Crippen LogP contribution in [0.3, 0.4) is 0 Å². The third kappa shape index (κ3) is 8.41. The lowest BCUT2D eigenvalue weighted by molar-refractivity contribution is -0.347. The summed E-state index contributed by atoms with van der Waals surface area (Å²) in [5, 5.41) is 57.8. The molecule has 5 aliphatic heterocycles. The molecular weight excluding hydrogens is 835 g/mol. The second-order valence-corrected chi connectivity index (χ2v) is 24.2. The third-order valence-corrected chi connectivity index (χ3v) is 20.8. The van der Waals surface area contributed by atoms with Crippen molar-refractivity contribution in [1.29, 1.82) is 0 Å². The number of hydrogen-bond donors (Lipinski definition) is 6. The van der Waals surface area contributed by atoms with E-state index in [-0.39, 0.29) is 35.4 Å². The zero-order valence-electron chi connectivity index (χ0n) is 37.5. The number of hydrogen-bond acceptors (Lipinski definition) is 14. The Morgan fingerprint density at radius 2 is 1.74 bits per heavy atom. The van der Waals surface area contributed by atoms with E-state index in [1.165, 1.54) is 37.0 Å². The van der Waals surface area contributed by atoms with Crippen molar-refractivity contribution in [2.45, 2.75) is 209 Å². The fourth-order valence-electron chi connectivity index (χ4n) is 14.2. The summed E-state index contributed by atoms with van der Waals surface area (Å²) in [5.41, 5.74) is 1.72. The molecule has 9 rings (SSSR count). The standard InChI is InChI=1S/C47H75NO12S2/c1-24-12-18-47(55-23-24)25(2)36-33(60-47)21-32-30-11-10-27-20-28(13-16-45(27,4)31(30)14-17-46(32,36)5)57-43-37(48-35(50)9-7-6-8-29-15-19-61-62-29)39(52)42(34(22-49)58-43)59-44-41(54)40(53)38(51)26(3)56-44/h10,24-26,28-34,36-44,49,51-54H,6-9,11-23H2,1-5H3,(H,48,50)/t24-,25-,26+,28+,29?,30-,31-,32-,33+,34-,36+,37-,38+,39-,40-,41-,42-,43-,44-,45+,46+,47?/m1/s1. The fraction of sp³-hybridized carbons (Fsp3) is 0.936. The molecule has 13 nitrogen and oxygen atoms in total. The highest BCUT2D eigenvalue weighted by Crippen LogP contribution is 2.70. The molecular formula is C47H75NO12S2. The van der Waals surface area contributed by atoms with Crippen molar-refractivity contribution in [3.05, 3.63) is 11.6 Å². The number of aliphatic hydroxyl groups excluding tert-OH is 5. The lowest BCUT2D eigenvalue weighted by Gasteiger charge is -2.58. The highest BCUT2D eigenvalue weighted by Gasteiger charge is 2.69. The molecule has 0 aromatic rings. The van der Waals surface area contributed by atoms with Gasteiger partial charge in [-0.3, -0.25) is 4.79 Å². The molecule has 9 aliphatic rings. The molecule has 5 saturated heterocycles. The molecule has 1 amide bonds. The number of unbranched alkanes of at least 4 members (excludes halogenated alkanes) is 1. The lowest BCUT2D eigenvalue weighted by Crippen LogP contribution is -2.67. The molecule has 1 spiro atoms. The number of carbonyl (C=O) groups excluding carboxylic acids is 1. The molecule has 0 aromatic heterocycles. The van der Waals surface area contributed by atoms with Crippen LogP contribution in [0.1, 0.15) is 125 Å². The number of amides is 1. The molecule has 5 heterocycles. The number of allylic oxidation sites excluding steroid dienone is 1. The van der Waals surface area contributed by atoms with Crippen LogP contribution in [-0.2, 0) is 33.2 Å². The Morgan fingerprint density at radius 3 is 2.48 bits per heavy atom. The van der Waals surface area contributed by atoms with Gasteiger partial charge in [0.2, 0.25) is 5.91 Å². The van der Waals surface area contributed by atoms with Gasteiger partial charge < -0.3 is 59.3 Å². The van der Waals surface area contributed by atoms with Gasteiger partial charge in [-0.05, 0) is 118 Å². The molecule has 0 bridgehead atoms. The predicted octanol–water partition coefficient (Wildman–Crippen LogP) is 5.23. The molecule has 22 atom stereocenters. The van der Waals surface area contributed by atoms with E-state index in [9.17, 15) is 30.3 Å². The summed E-state index contributed by atoms with van der Waals surface area (Å²) in [4.78, 5) is 13.6. The Hall–Kier alpha value is -0.530. The number of carbonyl (C=O) groups is 1. The highest BCUT2D eigenvalue weighted by atomic mass is 33.1. The van der Waals surface area contributed by atoms with Crippen molar-refractivity contribution in [3.8, 4) is 0 Å². The minimum absolute atomic E-state index is 0.0526. The fourth-order valence-corrected chi connectivity index (χ4v) is 17.2. The van der Waals surface area contributed by atoms with Crippen LogP contribution in [0, 0.1) is 46.3 Å². The van der Waals surface area contributed by atoms with Gasteiger partial charge in [0, 0.05) is 29.8 Å². The topological polar surface area (TPSA) is 186 Å². The van der Waals surface area contributed by atoms with E-state index in [1.54, 1.807) is 6.92 Å². The molecule has 352 valence electrons. The third-order valence-electron chi connectivity index (χ3n) is 17.8. The van der Waals surface area contributed by atoms with Crippen molar-refractivity contribution in [2.75, 3.05) is 19.0 Å². The van der Waals surface area contributed by atoms with E-state index in [0.29, 0.717) is 47.2 Å². The number of aliphatic hydroxyl groups is 5. The van der Waals surface area contributed by atoms with Crippen molar-refractivity contribution in [3.63, 3.8) is 0 Å². The van der Waals surface area contributed by atoms with Gasteiger partial charge >= 0.3 is 0 Å². The summed E-state index contributed by atoms with van der Waals surface area (Å²) >= 11 is 0. The molecule has 8 fully saturated rings. The second kappa shape index (κ2) is 18.5. The van der Waals surface area contributed by atoms with Gasteiger partial charge in [-0.25, -0.2) is 0 Å². The van der Waals surface area contributed by atoms with Crippen molar-refractivity contribution in [2.24, 2.45) is 46.3 Å².